The second-order valence-electron chi connectivity index (χ2n) is 8.39. The SMILES string of the molecule is NC(Cc1ccccc1)C(=O)N1CCC2(CC1)CN(C(=O)c1ccc(Cl)cc1)CCO2. The molecule has 0 bridgehead atoms. The van der Waals surface area contributed by atoms with E-state index in [-0.39, 0.29) is 11.8 Å². The summed E-state index contributed by atoms with van der Waals surface area (Å²) in [4.78, 5) is 29.5. The van der Waals surface area contributed by atoms with Gasteiger partial charge in [-0.05, 0) is 49.1 Å². The molecule has 4 rings (SSSR count). The number of morpholine rings is 1. The molecule has 2 amide bonds. The van der Waals surface area contributed by atoms with Crippen LogP contribution in [-0.2, 0) is 16.0 Å². The minimum absolute atomic E-state index is 0.0114. The van der Waals surface area contributed by atoms with E-state index in [2.05, 4.69) is 0 Å². The quantitative estimate of drug-likeness (QED) is 0.791. The third-order valence-electron chi connectivity index (χ3n) is 6.23. The predicted octanol–water partition coefficient (Wildman–Crippen LogP) is 2.74. The van der Waals surface area contributed by atoms with E-state index in [0.29, 0.717) is 62.6 Å². The van der Waals surface area contributed by atoms with E-state index >= 15 is 0 Å². The van der Waals surface area contributed by atoms with Crippen molar-refractivity contribution in [2.45, 2.75) is 30.9 Å². The fourth-order valence-corrected chi connectivity index (χ4v) is 4.55. The van der Waals surface area contributed by atoms with Gasteiger partial charge >= 0.3 is 0 Å². The summed E-state index contributed by atoms with van der Waals surface area (Å²) in [7, 11) is 0. The van der Waals surface area contributed by atoms with Crippen LogP contribution in [0, 0.1) is 0 Å². The maximum absolute atomic E-state index is 12.9. The molecule has 2 aliphatic rings. The van der Waals surface area contributed by atoms with Crippen LogP contribution in [0.25, 0.3) is 0 Å². The minimum atomic E-state index is -0.549. The summed E-state index contributed by atoms with van der Waals surface area (Å²) in [6, 6.07) is 16.2. The Labute approximate surface area is 187 Å². The van der Waals surface area contributed by atoms with Gasteiger partial charge in [0.1, 0.15) is 0 Å². The molecule has 0 radical (unpaired) electrons. The summed E-state index contributed by atoms with van der Waals surface area (Å²) in [5.74, 6) is -0.0358. The Morgan fingerprint density at radius 1 is 1.00 bits per heavy atom. The van der Waals surface area contributed by atoms with Gasteiger partial charge in [-0.15, -0.1) is 0 Å². The molecule has 2 aromatic carbocycles. The first-order valence-corrected chi connectivity index (χ1v) is 11.1. The van der Waals surface area contributed by atoms with Crippen molar-refractivity contribution in [2.24, 2.45) is 5.73 Å². The highest BCUT2D eigenvalue weighted by molar-refractivity contribution is 6.30. The Morgan fingerprint density at radius 2 is 1.68 bits per heavy atom. The van der Waals surface area contributed by atoms with E-state index in [1.807, 2.05) is 40.1 Å². The number of piperidine rings is 1. The van der Waals surface area contributed by atoms with Gasteiger partial charge in [-0.1, -0.05) is 41.9 Å². The van der Waals surface area contributed by atoms with Crippen molar-refractivity contribution in [1.82, 2.24) is 9.80 Å². The second kappa shape index (κ2) is 9.39. The first-order valence-electron chi connectivity index (χ1n) is 10.7. The summed E-state index contributed by atoms with van der Waals surface area (Å²) in [6.45, 7) is 2.77. The number of likely N-dealkylation sites (tertiary alicyclic amines) is 1. The molecular weight excluding hydrogens is 414 g/mol. The van der Waals surface area contributed by atoms with Crippen molar-refractivity contribution in [3.8, 4) is 0 Å². The number of nitrogens with two attached hydrogens (primary N) is 1. The molecule has 0 aliphatic carbocycles. The highest BCUT2D eigenvalue weighted by atomic mass is 35.5. The van der Waals surface area contributed by atoms with Crippen LogP contribution in [0.4, 0.5) is 0 Å². The fourth-order valence-electron chi connectivity index (χ4n) is 4.42. The number of benzene rings is 2. The zero-order chi connectivity index (χ0) is 21.8. The van der Waals surface area contributed by atoms with Crippen molar-refractivity contribution in [3.05, 3.63) is 70.7 Å². The number of nitrogens with zero attached hydrogens (tertiary/aromatic N) is 2. The van der Waals surface area contributed by atoms with Gasteiger partial charge in [0.2, 0.25) is 5.91 Å². The van der Waals surface area contributed by atoms with Gasteiger partial charge in [0.15, 0.2) is 0 Å². The van der Waals surface area contributed by atoms with E-state index < -0.39 is 11.6 Å². The first kappa shape index (κ1) is 21.8. The van der Waals surface area contributed by atoms with Gasteiger partial charge in [-0.2, -0.15) is 0 Å². The zero-order valence-electron chi connectivity index (χ0n) is 17.5. The van der Waals surface area contributed by atoms with Gasteiger partial charge in [0.05, 0.1) is 24.8 Å². The largest absolute Gasteiger partial charge is 0.371 e. The Kier molecular flexibility index (Phi) is 6.60. The maximum atomic E-state index is 12.9. The van der Waals surface area contributed by atoms with Gasteiger partial charge in [-0.25, -0.2) is 0 Å². The molecule has 164 valence electrons. The Morgan fingerprint density at radius 3 is 2.35 bits per heavy atom. The maximum Gasteiger partial charge on any atom is 0.254 e. The predicted molar refractivity (Wildman–Crippen MR) is 120 cm³/mol. The molecule has 2 aliphatic heterocycles. The van der Waals surface area contributed by atoms with Crippen LogP contribution in [0.5, 0.6) is 0 Å². The Bertz CT molecular complexity index is 911. The average Bonchev–Trinajstić information content (AvgIpc) is 2.80. The van der Waals surface area contributed by atoms with E-state index in [0.717, 1.165) is 5.56 Å². The van der Waals surface area contributed by atoms with Crippen LogP contribution >= 0.6 is 11.6 Å². The van der Waals surface area contributed by atoms with Crippen molar-refractivity contribution in [3.63, 3.8) is 0 Å². The molecule has 2 saturated heterocycles. The first-order chi connectivity index (χ1) is 15.0. The number of hydrogen-bond donors (Lipinski definition) is 1. The van der Waals surface area contributed by atoms with Gasteiger partial charge in [-0.3, -0.25) is 9.59 Å². The molecule has 2 N–H and O–H groups in total. The molecule has 6 nitrogen and oxygen atoms in total. The van der Waals surface area contributed by atoms with E-state index in [1.54, 1.807) is 24.3 Å². The number of halogens is 1. The molecule has 31 heavy (non-hydrogen) atoms. The summed E-state index contributed by atoms with van der Waals surface area (Å²) >= 11 is 5.94. The normalized spacial score (nSPS) is 19.3. The van der Waals surface area contributed by atoms with Gasteiger partial charge < -0.3 is 20.3 Å². The topological polar surface area (TPSA) is 75.9 Å². The lowest BCUT2D eigenvalue weighted by molar-refractivity contribution is -0.148. The van der Waals surface area contributed by atoms with Crippen LogP contribution < -0.4 is 5.73 Å². The second-order valence-corrected chi connectivity index (χ2v) is 8.82. The highest BCUT2D eigenvalue weighted by Gasteiger charge is 2.42. The molecule has 0 saturated carbocycles. The molecule has 2 aromatic rings. The van der Waals surface area contributed by atoms with E-state index in [4.69, 9.17) is 22.1 Å². The number of carbonyl (C=O) groups is 2. The molecule has 1 atom stereocenters. The van der Waals surface area contributed by atoms with Crippen LogP contribution in [0.2, 0.25) is 5.02 Å². The van der Waals surface area contributed by atoms with Crippen LogP contribution in [0.15, 0.2) is 54.6 Å². The Balaban J connectivity index is 1.34. The number of rotatable bonds is 4. The number of carbonyl (C=O) groups excluding carboxylic acids is 2. The van der Waals surface area contributed by atoms with E-state index in [9.17, 15) is 9.59 Å². The summed E-state index contributed by atoms with van der Waals surface area (Å²) in [5, 5.41) is 0.609. The zero-order valence-corrected chi connectivity index (χ0v) is 18.3. The third kappa shape index (κ3) is 5.09. The van der Waals surface area contributed by atoms with Crippen molar-refractivity contribution in [2.75, 3.05) is 32.8 Å². The number of ether oxygens (including phenoxy) is 1. The van der Waals surface area contributed by atoms with E-state index in [1.165, 1.54) is 0 Å². The molecule has 2 fully saturated rings. The molecule has 1 unspecified atom stereocenters. The lowest BCUT2D eigenvalue weighted by Crippen LogP contribution is -2.59. The average molecular weight is 442 g/mol. The smallest absolute Gasteiger partial charge is 0.254 e. The Hall–Kier alpha value is -2.41. The minimum Gasteiger partial charge on any atom is -0.371 e. The molecule has 0 aromatic heterocycles. The van der Waals surface area contributed by atoms with Crippen molar-refractivity contribution < 1.29 is 14.3 Å². The number of amides is 2. The molecule has 7 heteroatoms. The fraction of sp³-hybridized carbons (Fsp3) is 0.417. The van der Waals surface area contributed by atoms with Crippen LogP contribution in [-0.4, -0.2) is 66.0 Å². The number of hydrogen-bond acceptors (Lipinski definition) is 4. The van der Waals surface area contributed by atoms with Crippen molar-refractivity contribution >= 4 is 23.4 Å². The monoisotopic (exact) mass is 441 g/mol. The van der Waals surface area contributed by atoms with Crippen molar-refractivity contribution in [1.29, 1.82) is 0 Å². The lowest BCUT2D eigenvalue weighted by Gasteiger charge is -2.47. The molecule has 2 heterocycles. The van der Waals surface area contributed by atoms with Gasteiger partial charge in [0.25, 0.3) is 5.91 Å². The lowest BCUT2D eigenvalue weighted by atomic mass is 9.88. The summed E-state index contributed by atoms with van der Waals surface area (Å²) in [5.41, 5.74) is 7.48. The third-order valence-corrected chi connectivity index (χ3v) is 6.48. The standard InChI is InChI=1S/C24H28ClN3O3/c25-20-8-6-19(7-9-20)22(29)28-14-15-31-24(17-28)10-12-27(13-11-24)23(30)21(26)16-18-4-2-1-3-5-18/h1-9,21H,10-17,26H2. The molecular formula is C24H28ClN3O3. The van der Waals surface area contributed by atoms with Gasteiger partial charge in [0, 0.05) is 30.2 Å². The van der Waals surface area contributed by atoms with Crippen LogP contribution in [0.3, 0.4) is 0 Å². The van der Waals surface area contributed by atoms with Crippen LogP contribution in [0.1, 0.15) is 28.8 Å². The summed E-state index contributed by atoms with van der Waals surface area (Å²) in [6.07, 6.45) is 1.92. The highest BCUT2D eigenvalue weighted by Crippen LogP contribution is 2.31. The molecule has 1 spiro atoms. The summed E-state index contributed by atoms with van der Waals surface area (Å²) < 4.78 is 6.14.